The monoisotopic (exact) mass is 318 g/mol. The van der Waals surface area contributed by atoms with Gasteiger partial charge in [-0.3, -0.25) is 0 Å². The number of benzene rings is 2. The van der Waals surface area contributed by atoms with Gasteiger partial charge in [0.25, 0.3) is 0 Å². The quantitative estimate of drug-likeness (QED) is 0.488. The van der Waals surface area contributed by atoms with Crippen molar-refractivity contribution in [3.05, 3.63) is 54.1 Å². The van der Waals surface area contributed by atoms with Gasteiger partial charge in [-0.25, -0.2) is 4.39 Å². The third-order valence-corrected chi connectivity index (χ3v) is 3.89. The Labute approximate surface area is 137 Å². The predicted molar refractivity (Wildman–Crippen MR) is 90.7 cm³/mol. The standard InChI is InChI=1S/C20H24F2O/c1-2-3-4-5-6-10-15-23-18-14-13-17(19(21)20(18)22)16-11-8-7-9-12-16/h7-9,11-14H,2-6,10,15H2,1H3. The summed E-state index contributed by atoms with van der Waals surface area (Å²) in [5.41, 5.74) is 0.918. The zero-order chi connectivity index (χ0) is 16.5. The van der Waals surface area contributed by atoms with E-state index in [9.17, 15) is 8.78 Å². The number of hydrogen-bond acceptors (Lipinski definition) is 1. The summed E-state index contributed by atoms with van der Waals surface area (Å²) in [6, 6.07) is 12.0. The smallest absolute Gasteiger partial charge is 0.201 e. The molecule has 0 aliphatic heterocycles. The van der Waals surface area contributed by atoms with E-state index in [1.165, 1.54) is 31.7 Å². The first-order valence-corrected chi connectivity index (χ1v) is 8.40. The molecule has 0 unspecified atom stereocenters. The van der Waals surface area contributed by atoms with Crippen LogP contribution in [0.25, 0.3) is 11.1 Å². The van der Waals surface area contributed by atoms with Crippen molar-refractivity contribution >= 4 is 0 Å². The van der Waals surface area contributed by atoms with Crippen LogP contribution >= 0.6 is 0 Å². The normalized spacial score (nSPS) is 10.7. The fourth-order valence-electron chi connectivity index (χ4n) is 2.55. The van der Waals surface area contributed by atoms with Gasteiger partial charge in [0.2, 0.25) is 5.82 Å². The molecule has 0 bridgehead atoms. The zero-order valence-electron chi connectivity index (χ0n) is 13.7. The van der Waals surface area contributed by atoms with Crippen molar-refractivity contribution in [2.45, 2.75) is 45.4 Å². The van der Waals surface area contributed by atoms with Crippen molar-refractivity contribution < 1.29 is 13.5 Å². The predicted octanol–water partition coefficient (Wildman–Crippen LogP) is 6.37. The second-order valence-electron chi connectivity index (χ2n) is 5.72. The molecule has 0 heterocycles. The second kappa shape index (κ2) is 9.29. The lowest BCUT2D eigenvalue weighted by Crippen LogP contribution is -2.01. The lowest BCUT2D eigenvalue weighted by molar-refractivity contribution is 0.285. The fourth-order valence-corrected chi connectivity index (χ4v) is 2.55. The maximum absolute atomic E-state index is 14.2. The highest BCUT2D eigenvalue weighted by molar-refractivity contribution is 5.65. The van der Waals surface area contributed by atoms with Gasteiger partial charge >= 0.3 is 0 Å². The van der Waals surface area contributed by atoms with Gasteiger partial charge in [0.05, 0.1) is 6.61 Å². The van der Waals surface area contributed by atoms with Crippen molar-refractivity contribution in [1.82, 2.24) is 0 Å². The van der Waals surface area contributed by atoms with Crippen LogP contribution in [0.2, 0.25) is 0 Å². The van der Waals surface area contributed by atoms with Crippen molar-refractivity contribution in [2.75, 3.05) is 6.61 Å². The molecule has 0 saturated carbocycles. The molecule has 0 fully saturated rings. The Balaban J connectivity index is 1.90. The Morgan fingerprint density at radius 1 is 0.783 bits per heavy atom. The van der Waals surface area contributed by atoms with Gasteiger partial charge in [0.1, 0.15) is 0 Å². The first-order valence-electron chi connectivity index (χ1n) is 8.40. The molecule has 1 nitrogen and oxygen atoms in total. The van der Waals surface area contributed by atoms with Crippen molar-refractivity contribution in [2.24, 2.45) is 0 Å². The highest BCUT2D eigenvalue weighted by Gasteiger charge is 2.15. The minimum absolute atomic E-state index is 0.00395. The van der Waals surface area contributed by atoms with Crippen LogP contribution in [0, 0.1) is 11.6 Å². The summed E-state index contributed by atoms with van der Waals surface area (Å²) in [5, 5.41) is 0. The van der Waals surface area contributed by atoms with Crippen LogP contribution in [-0.2, 0) is 0 Å². The molecule has 2 rings (SSSR count). The van der Waals surface area contributed by atoms with Gasteiger partial charge in [0.15, 0.2) is 11.6 Å². The summed E-state index contributed by atoms with van der Waals surface area (Å²) in [5.74, 6) is -1.76. The molecule has 0 radical (unpaired) electrons. The first kappa shape index (κ1) is 17.5. The van der Waals surface area contributed by atoms with Crippen LogP contribution in [0.3, 0.4) is 0 Å². The molecular formula is C20H24F2O. The van der Waals surface area contributed by atoms with E-state index in [4.69, 9.17) is 4.74 Å². The molecule has 3 heteroatoms. The molecule has 0 spiro atoms. The minimum atomic E-state index is -0.905. The third-order valence-electron chi connectivity index (χ3n) is 3.89. The topological polar surface area (TPSA) is 9.23 Å². The average Bonchev–Trinajstić information content (AvgIpc) is 2.58. The Kier molecular flexibility index (Phi) is 7.05. The molecule has 0 atom stereocenters. The largest absolute Gasteiger partial charge is 0.490 e. The van der Waals surface area contributed by atoms with Crippen LogP contribution < -0.4 is 4.74 Å². The second-order valence-corrected chi connectivity index (χ2v) is 5.72. The number of halogens is 2. The summed E-state index contributed by atoms with van der Waals surface area (Å²) < 4.78 is 33.7. The molecule has 0 saturated heterocycles. The van der Waals surface area contributed by atoms with Gasteiger partial charge in [-0.15, -0.1) is 0 Å². The molecule has 2 aromatic rings. The first-order chi connectivity index (χ1) is 11.2. The Morgan fingerprint density at radius 2 is 1.48 bits per heavy atom. The highest BCUT2D eigenvalue weighted by atomic mass is 19.2. The number of unbranched alkanes of at least 4 members (excludes halogenated alkanes) is 5. The molecule has 23 heavy (non-hydrogen) atoms. The van der Waals surface area contributed by atoms with Gasteiger partial charge in [-0.2, -0.15) is 4.39 Å². The van der Waals surface area contributed by atoms with Gasteiger partial charge in [0, 0.05) is 5.56 Å². The van der Waals surface area contributed by atoms with Crippen molar-refractivity contribution in [3.63, 3.8) is 0 Å². The Morgan fingerprint density at radius 3 is 2.22 bits per heavy atom. The van der Waals surface area contributed by atoms with E-state index in [2.05, 4.69) is 6.92 Å². The van der Waals surface area contributed by atoms with E-state index in [0.717, 1.165) is 12.8 Å². The van der Waals surface area contributed by atoms with Gasteiger partial charge < -0.3 is 4.74 Å². The molecule has 0 amide bonds. The lowest BCUT2D eigenvalue weighted by Gasteiger charge is -2.10. The fraction of sp³-hybridized carbons (Fsp3) is 0.400. The zero-order valence-corrected chi connectivity index (χ0v) is 13.7. The number of hydrogen-bond donors (Lipinski definition) is 0. The average molecular weight is 318 g/mol. The van der Waals surface area contributed by atoms with Crippen molar-refractivity contribution in [1.29, 1.82) is 0 Å². The molecule has 0 aliphatic carbocycles. The van der Waals surface area contributed by atoms with Gasteiger partial charge in [-0.1, -0.05) is 69.4 Å². The molecule has 0 aliphatic rings. The van der Waals surface area contributed by atoms with Crippen LogP contribution in [0.4, 0.5) is 8.78 Å². The molecule has 0 N–H and O–H groups in total. The van der Waals surface area contributed by atoms with Gasteiger partial charge in [-0.05, 0) is 24.1 Å². The summed E-state index contributed by atoms with van der Waals surface area (Å²) in [4.78, 5) is 0. The van der Waals surface area contributed by atoms with Crippen LogP contribution in [0.5, 0.6) is 5.75 Å². The molecule has 2 aromatic carbocycles. The SMILES string of the molecule is CCCCCCCCOc1ccc(-c2ccccc2)c(F)c1F. The maximum Gasteiger partial charge on any atom is 0.201 e. The highest BCUT2D eigenvalue weighted by Crippen LogP contribution is 2.29. The van der Waals surface area contributed by atoms with Crippen LogP contribution in [0.15, 0.2) is 42.5 Å². The lowest BCUT2D eigenvalue weighted by atomic mass is 10.0. The van der Waals surface area contributed by atoms with E-state index in [1.54, 1.807) is 30.3 Å². The molecule has 124 valence electrons. The molecule has 0 aromatic heterocycles. The number of ether oxygens (including phenoxy) is 1. The third kappa shape index (κ3) is 5.05. The summed E-state index contributed by atoms with van der Waals surface area (Å²) >= 11 is 0. The number of rotatable bonds is 9. The minimum Gasteiger partial charge on any atom is -0.490 e. The Bertz CT molecular complexity index is 596. The van der Waals surface area contributed by atoms with E-state index in [-0.39, 0.29) is 11.3 Å². The van der Waals surface area contributed by atoms with E-state index >= 15 is 0 Å². The van der Waals surface area contributed by atoms with Crippen LogP contribution in [-0.4, -0.2) is 6.61 Å². The summed E-state index contributed by atoms with van der Waals surface area (Å²) in [7, 11) is 0. The van der Waals surface area contributed by atoms with E-state index < -0.39 is 11.6 Å². The van der Waals surface area contributed by atoms with Crippen LogP contribution in [0.1, 0.15) is 45.4 Å². The summed E-state index contributed by atoms with van der Waals surface area (Å²) in [6.45, 7) is 2.60. The van der Waals surface area contributed by atoms with E-state index in [0.29, 0.717) is 12.2 Å². The van der Waals surface area contributed by atoms with E-state index in [1.807, 2.05) is 6.07 Å². The Hall–Kier alpha value is -1.90. The maximum atomic E-state index is 14.2. The summed E-state index contributed by atoms with van der Waals surface area (Å²) in [6.07, 6.45) is 6.79. The molecular weight excluding hydrogens is 294 g/mol. The van der Waals surface area contributed by atoms with Crippen molar-refractivity contribution in [3.8, 4) is 16.9 Å².